The van der Waals surface area contributed by atoms with Gasteiger partial charge in [-0.1, -0.05) is 19.8 Å². The van der Waals surface area contributed by atoms with E-state index >= 15 is 0 Å². The molecule has 2 saturated heterocycles. The van der Waals surface area contributed by atoms with E-state index in [2.05, 4.69) is 0 Å². The fourth-order valence-electron chi connectivity index (χ4n) is 4.58. The van der Waals surface area contributed by atoms with Crippen molar-refractivity contribution in [2.75, 3.05) is 6.61 Å². The minimum absolute atomic E-state index is 0.00215. The number of ether oxygens (including phenoxy) is 3. The smallest absolute Gasteiger partial charge is 0.392 e. The van der Waals surface area contributed by atoms with Gasteiger partial charge < -0.3 is 14.2 Å². The molecule has 0 N–H and O–H groups in total. The van der Waals surface area contributed by atoms with Crippen LogP contribution in [0.1, 0.15) is 71.1 Å². The van der Waals surface area contributed by atoms with Crippen LogP contribution in [0.15, 0.2) is 11.8 Å². The number of hydrogen-bond donors (Lipinski definition) is 0. The summed E-state index contributed by atoms with van der Waals surface area (Å²) >= 11 is 0. The average molecular weight is 404 g/mol. The third-order valence-corrected chi connectivity index (χ3v) is 6.19. The summed E-state index contributed by atoms with van der Waals surface area (Å²) in [6, 6.07) is 0. The van der Waals surface area contributed by atoms with Crippen molar-refractivity contribution in [3.05, 3.63) is 11.8 Å². The van der Waals surface area contributed by atoms with E-state index < -0.39 is 18.4 Å². The summed E-state index contributed by atoms with van der Waals surface area (Å²) in [4.78, 5) is 11.7. The van der Waals surface area contributed by atoms with Crippen LogP contribution in [0.4, 0.5) is 13.2 Å². The first kappa shape index (κ1) is 21.5. The van der Waals surface area contributed by atoms with Gasteiger partial charge in [0.2, 0.25) is 0 Å². The molecule has 1 aliphatic carbocycles. The molecular formula is C21H31F3O4. The van der Waals surface area contributed by atoms with Gasteiger partial charge in [-0.25, -0.2) is 0 Å². The first-order valence-corrected chi connectivity index (χ1v) is 10.6. The highest BCUT2D eigenvalue weighted by atomic mass is 19.4. The van der Waals surface area contributed by atoms with E-state index in [9.17, 15) is 18.0 Å². The van der Waals surface area contributed by atoms with Crippen LogP contribution in [0.25, 0.3) is 0 Å². The van der Waals surface area contributed by atoms with Crippen molar-refractivity contribution in [1.29, 1.82) is 0 Å². The van der Waals surface area contributed by atoms with Crippen molar-refractivity contribution in [1.82, 2.24) is 0 Å². The third kappa shape index (κ3) is 5.43. The first-order valence-electron chi connectivity index (χ1n) is 10.6. The summed E-state index contributed by atoms with van der Waals surface area (Å²) in [7, 11) is 0. The normalized spacial score (nSPS) is 32.1. The number of esters is 1. The summed E-state index contributed by atoms with van der Waals surface area (Å²) in [5.41, 5.74) is 0. The standard InChI is InChI=1S/C21H31F3O4/c1-2-3-6-14(21(22,23)24)8-10-17(28-20-7-4-5-12-26-20)15-9-11-18-16(15)13-19(25)27-18/h10,14-16,18,20H,2-9,11-13H2,1H3/t14?,15-,16+,18+,20?/m0/s1. The Kier molecular flexibility index (Phi) is 7.29. The Morgan fingerprint density at radius 3 is 2.79 bits per heavy atom. The number of allylic oxidation sites excluding steroid dienone is 2. The largest absolute Gasteiger partial charge is 0.469 e. The molecule has 0 aromatic heterocycles. The molecule has 28 heavy (non-hydrogen) atoms. The second kappa shape index (κ2) is 9.51. The van der Waals surface area contributed by atoms with Gasteiger partial charge in [-0.05, 0) is 44.6 Å². The van der Waals surface area contributed by atoms with Crippen LogP contribution >= 0.6 is 0 Å². The van der Waals surface area contributed by atoms with Crippen molar-refractivity contribution >= 4 is 5.97 Å². The number of rotatable bonds is 8. The molecular weight excluding hydrogens is 373 g/mol. The van der Waals surface area contributed by atoms with Crippen LogP contribution in [0.5, 0.6) is 0 Å². The maximum absolute atomic E-state index is 13.4. The summed E-state index contributed by atoms with van der Waals surface area (Å²) < 4.78 is 57.4. The number of halogens is 3. The maximum atomic E-state index is 13.4. The lowest BCUT2D eigenvalue weighted by Gasteiger charge is -2.29. The molecule has 3 aliphatic rings. The van der Waals surface area contributed by atoms with Gasteiger partial charge in [0.05, 0.1) is 24.7 Å². The Morgan fingerprint density at radius 1 is 1.29 bits per heavy atom. The van der Waals surface area contributed by atoms with Crippen LogP contribution in [-0.2, 0) is 19.0 Å². The third-order valence-electron chi connectivity index (χ3n) is 6.19. The van der Waals surface area contributed by atoms with Crippen LogP contribution < -0.4 is 0 Å². The van der Waals surface area contributed by atoms with Gasteiger partial charge in [0.15, 0.2) is 6.29 Å². The summed E-state index contributed by atoms with van der Waals surface area (Å²) in [5.74, 6) is -1.08. The predicted molar refractivity (Wildman–Crippen MR) is 97.2 cm³/mol. The minimum Gasteiger partial charge on any atom is -0.469 e. The van der Waals surface area contributed by atoms with Crippen molar-refractivity contribution < 1.29 is 32.2 Å². The van der Waals surface area contributed by atoms with E-state index in [1.165, 1.54) is 0 Å². The molecule has 2 aliphatic heterocycles. The Morgan fingerprint density at radius 2 is 2.11 bits per heavy atom. The SMILES string of the molecule is CCCCC(CC=C(OC1CCCCO1)[C@H]1CC[C@H]2OC(=O)C[C@H]12)C(F)(F)F. The van der Waals surface area contributed by atoms with Gasteiger partial charge in [0, 0.05) is 18.3 Å². The molecule has 7 heteroatoms. The predicted octanol–water partition coefficient (Wildman–Crippen LogP) is 5.51. The molecule has 160 valence electrons. The second-order valence-electron chi connectivity index (χ2n) is 8.22. The molecule has 3 rings (SSSR count). The molecule has 0 radical (unpaired) electrons. The fourth-order valence-corrected chi connectivity index (χ4v) is 4.58. The quantitative estimate of drug-likeness (QED) is 0.395. The van der Waals surface area contributed by atoms with E-state index in [-0.39, 0.29) is 36.8 Å². The summed E-state index contributed by atoms with van der Waals surface area (Å²) in [5, 5.41) is 0. The lowest BCUT2D eigenvalue weighted by atomic mass is 9.89. The van der Waals surface area contributed by atoms with Crippen LogP contribution in [0, 0.1) is 17.8 Å². The van der Waals surface area contributed by atoms with Gasteiger partial charge in [-0.2, -0.15) is 13.2 Å². The summed E-state index contributed by atoms with van der Waals surface area (Å²) in [6.07, 6.45) is 2.73. The topological polar surface area (TPSA) is 44.8 Å². The van der Waals surface area contributed by atoms with Gasteiger partial charge in [0.1, 0.15) is 6.10 Å². The molecule has 4 nitrogen and oxygen atoms in total. The second-order valence-corrected chi connectivity index (χ2v) is 8.22. The number of carbonyl (C=O) groups is 1. The van der Waals surface area contributed by atoms with Crippen molar-refractivity contribution in [2.24, 2.45) is 17.8 Å². The zero-order valence-corrected chi connectivity index (χ0v) is 16.5. The van der Waals surface area contributed by atoms with Crippen molar-refractivity contribution in [3.63, 3.8) is 0 Å². The molecule has 0 spiro atoms. The Hall–Kier alpha value is -1.24. The van der Waals surface area contributed by atoms with Gasteiger partial charge in [0.25, 0.3) is 0 Å². The highest BCUT2D eigenvalue weighted by Gasteiger charge is 2.47. The van der Waals surface area contributed by atoms with Crippen LogP contribution in [0.3, 0.4) is 0 Å². The van der Waals surface area contributed by atoms with E-state index in [4.69, 9.17) is 14.2 Å². The Balaban J connectivity index is 1.74. The van der Waals surface area contributed by atoms with Crippen molar-refractivity contribution in [2.45, 2.75) is 89.7 Å². The Labute approximate surface area is 164 Å². The van der Waals surface area contributed by atoms with E-state index in [1.807, 2.05) is 6.92 Å². The molecule has 0 aromatic carbocycles. The molecule has 0 amide bonds. The van der Waals surface area contributed by atoms with Gasteiger partial charge in [-0.15, -0.1) is 0 Å². The number of alkyl halides is 3. The minimum atomic E-state index is -4.22. The lowest BCUT2D eigenvalue weighted by Crippen LogP contribution is -2.27. The zero-order chi connectivity index (χ0) is 20.1. The Bertz CT molecular complexity index is 554. The number of carbonyl (C=O) groups excluding carboxylic acids is 1. The van der Waals surface area contributed by atoms with E-state index in [0.717, 1.165) is 38.5 Å². The zero-order valence-electron chi connectivity index (χ0n) is 16.5. The highest BCUT2D eigenvalue weighted by molar-refractivity contribution is 5.72. The average Bonchev–Trinajstić information content (AvgIpc) is 3.19. The van der Waals surface area contributed by atoms with Crippen molar-refractivity contribution in [3.8, 4) is 0 Å². The number of hydrogen-bond acceptors (Lipinski definition) is 4. The molecule has 0 aromatic rings. The number of unbranched alkanes of at least 4 members (excludes halogenated alkanes) is 1. The molecule has 3 fully saturated rings. The lowest BCUT2D eigenvalue weighted by molar-refractivity contribution is -0.176. The molecule has 0 bridgehead atoms. The molecule has 1 saturated carbocycles. The molecule has 5 atom stereocenters. The van der Waals surface area contributed by atoms with E-state index in [1.54, 1.807) is 6.08 Å². The van der Waals surface area contributed by atoms with Crippen LogP contribution in [-0.4, -0.2) is 31.1 Å². The van der Waals surface area contributed by atoms with Crippen LogP contribution in [0.2, 0.25) is 0 Å². The first-order chi connectivity index (χ1) is 13.4. The molecule has 2 heterocycles. The fraction of sp³-hybridized carbons (Fsp3) is 0.857. The highest BCUT2D eigenvalue weighted by Crippen LogP contribution is 2.46. The maximum Gasteiger partial charge on any atom is 0.392 e. The number of fused-ring (bicyclic) bond motifs is 1. The monoisotopic (exact) mass is 404 g/mol. The summed E-state index contributed by atoms with van der Waals surface area (Å²) in [6.45, 7) is 2.51. The van der Waals surface area contributed by atoms with E-state index in [0.29, 0.717) is 25.2 Å². The van der Waals surface area contributed by atoms with Gasteiger partial charge in [-0.3, -0.25) is 4.79 Å². The molecule has 2 unspecified atom stereocenters. The van der Waals surface area contributed by atoms with Gasteiger partial charge >= 0.3 is 12.1 Å².